The number of anilines is 1. The number of amides is 1. The Balaban J connectivity index is 1.79. The van der Waals surface area contributed by atoms with Crippen molar-refractivity contribution in [2.24, 2.45) is 0 Å². The molecule has 160 valence electrons. The molecule has 0 unspecified atom stereocenters. The van der Waals surface area contributed by atoms with E-state index in [1.54, 1.807) is 31.4 Å². The van der Waals surface area contributed by atoms with Gasteiger partial charge in [0.1, 0.15) is 5.75 Å². The normalized spacial score (nSPS) is 15.3. The predicted molar refractivity (Wildman–Crippen MR) is 119 cm³/mol. The van der Waals surface area contributed by atoms with Crippen molar-refractivity contribution >= 4 is 43.6 Å². The molecule has 0 bridgehead atoms. The number of nitrogens with zero attached hydrogens (tertiary/aromatic N) is 1. The number of sulfonamides is 1. The van der Waals surface area contributed by atoms with Gasteiger partial charge in [-0.15, -0.1) is 0 Å². The second-order valence-electron chi connectivity index (χ2n) is 6.70. The van der Waals surface area contributed by atoms with Crippen LogP contribution >= 0.6 is 15.9 Å². The van der Waals surface area contributed by atoms with Crippen molar-refractivity contribution in [1.29, 1.82) is 0 Å². The highest BCUT2D eigenvalue weighted by Gasteiger charge is 2.26. The molecule has 30 heavy (non-hydrogen) atoms. The molecule has 7 nitrogen and oxygen atoms in total. The molecule has 1 aliphatic rings. The Morgan fingerprint density at radius 3 is 2.63 bits per heavy atom. The van der Waals surface area contributed by atoms with Crippen molar-refractivity contribution in [3.8, 4) is 5.75 Å². The number of morpholine rings is 1. The maximum absolute atomic E-state index is 12.9. The van der Waals surface area contributed by atoms with Crippen LogP contribution < -0.4 is 10.1 Å². The fourth-order valence-corrected chi connectivity index (χ4v) is 4.82. The average molecular weight is 495 g/mol. The van der Waals surface area contributed by atoms with Crippen LogP contribution in [0, 0.1) is 6.92 Å². The van der Waals surface area contributed by atoms with Gasteiger partial charge >= 0.3 is 0 Å². The van der Waals surface area contributed by atoms with Crippen molar-refractivity contribution in [3.63, 3.8) is 0 Å². The Labute approximate surface area is 184 Å². The van der Waals surface area contributed by atoms with Gasteiger partial charge in [0.25, 0.3) is 0 Å². The summed E-state index contributed by atoms with van der Waals surface area (Å²) < 4.78 is 38.5. The van der Waals surface area contributed by atoms with Crippen molar-refractivity contribution in [2.45, 2.75) is 11.8 Å². The minimum atomic E-state index is -3.64. The monoisotopic (exact) mass is 494 g/mol. The third-order valence-corrected chi connectivity index (χ3v) is 7.07. The van der Waals surface area contributed by atoms with E-state index < -0.39 is 10.0 Å². The van der Waals surface area contributed by atoms with E-state index in [1.807, 2.05) is 19.1 Å². The first-order chi connectivity index (χ1) is 14.3. The number of carbonyl (C=O) groups is 1. The molecule has 0 aromatic heterocycles. The number of ether oxygens (including phenoxy) is 2. The lowest BCUT2D eigenvalue weighted by Gasteiger charge is -2.26. The van der Waals surface area contributed by atoms with E-state index >= 15 is 0 Å². The minimum absolute atomic E-state index is 0.142. The summed E-state index contributed by atoms with van der Waals surface area (Å²) in [4.78, 5) is 12.6. The van der Waals surface area contributed by atoms with Crippen LogP contribution in [0.5, 0.6) is 5.75 Å². The number of rotatable bonds is 6. The van der Waals surface area contributed by atoms with E-state index in [-0.39, 0.29) is 10.8 Å². The summed E-state index contributed by atoms with van der Waals surface area (Å²) >= 11 is 3.40. The summed E-state index contributed by atoms with van der Waals surface area (Å²) in [6, 6.07) is 10.2. The van der Waals surface area contributed by atoms with Crippen molar-refractivity contribution in [1.82, 2.24) is 4.31 Å². The van der Waals surface area contributed by atoms with Crippen LogP contribution in [0.1, 0.15) is 11.1 Å². The topological polar surface area (TPSA) is 84.9 Å². The van der Waals surface area contributed by atoms with E-state index in [1.165, 1.54) is 16.4 Å². The van der Waals surface area contributed by atoms with Crippen LogP contribution in [-0.2, 0) is 19.6 Å². The zero-order valence-electron chi connectivity index (χ0n) is 16.7. The lowest BCUT2D eigenvalue weighted by molar-refractivity contribution is -0.111. The SMILES string of the molecule is COc1ccc(Br)cc1C=CC(=O)Nc1cc(S(=O)(=O)N2CCOCC2)ccc1C. The van der Waals surface area contributed by atoms with Crippen LogP contribution in [-0.4, -0.2) is 52.0 Å². The molecule has 2 aromatic rings. The molecule has 0 atom stereocenters. The smallest absolute Gasteiger partial charge is 0.248 e. The van der Waals surface area contributed by atoms with Crippen LogP contribution in [0.3, 0.4) is 0 Å². The van der Waals surface area contributed by atoms with Gasteiger partial charge in [-0.2, -0.15) is 4.31 Å². The molecule has 1 fully saturated rings. The van der Waals surface area contributed by atoms with Crippen molar-refractivity contribution < 1.29 is 22.7 Å². The highest BCUT2D eigenvalue weighted by Crippen LogP contribution is 2.25. The van der Waals surface area contributed by atoms with Gasteiger partial charge in [-0.25, -0.2) is 8.42 Å². The Morgan fingerprint density at radius 1 is 1.20 bits per heavy atom. The number of carbonyl (C=O) groups excluding carboxylic acids is 1. The fraction of sp³-hybridized carbons (Fsp3) is 0.286. The summed E-state index contributed by atoms with van der Waals surface area (Å²) in [5.74, 6) is 0.262. The Kier molecular flexibility index (Phi) is 7.30. The van der Waals surface area contributed by atoms with E-state index in [0.717, 1.165) is 15.6 Å². The van der Waals surface area contributed by atoms with E-state index in [9.17, 15) is 13.2 Å². The lowest BCUT2D eigenvalue weighted by atomic mass is 10.1. The van der Waals surface area contributed by atoms with Gasteiger partial charge < -0.3 is 14.8 Å². The molecule has 0 saturated carbocycles. The molecule has 1 aliphatic heterocycles. The Morgan fingerprint density at radius 2 is 1.93 bits per heavy atom. The number of aryl methyl sites for hydroxylation is 1. The zero-order chi connectivity index (χ0) is 21.7. The summed E-state index contributed by atoms with van der Waals surface area (Å²) in [7, 11) is -2.08. The Hall–Kier alpha value is -2.20. The van der Waals surface area contributed by atoms with Gasteiger partial charge in [0, 0.05) is 34.9 Å². The number of benzene rings is 2. The number of methoxy groups -OCH3 is 1. The molecular formula is C21H23BrN2O5S. The summed E-state index contributed by atoms with van der Waals surface area (Å²) in [5, 5.41) is 2.76. The molecule has 0 spiro atoms. The molecule has 3 rings (SSSR count). The second-order valence-corrected chi connectivity index (χ2v) is 9.56. The molecule has 0 aliphatic carbocycles. The second kappa shape index (κ2) is 9.74. The largest absolute Gasteiger partial charge is 0.496 e. The fourth-order valence-electron chi connectivity index (χ4n) is 3.01. The first kappa shape index (κ1) is 22.5. The van der Waals surface area contributed by atoms with Crippen LogP contribution in [0.15, 0.2) is 51.8 Å². The van der Waals surface area contributed by atoms with Crippen LogP contribution in [0.2, 0.25) is 0 Å². The van der Waals surface area contributed by atoms with Crippen molar-refractivity contribution in [3.05, 3.63) is 58.1 Å². The van der Waals surface area contributed by atoms with E-state index in [0.29, 0.717) is 37.7 Å². The van der Waals surface area contributed by atoms with E-state index in [4.69, 9.17) is 9.47 Å². The zero-order valence-corrected chi connectivity index (χ0v) is 19.1. The lowest BCUT2D eigenvalue weighted by Crippen LogP contribution is -2.40. The van der Waals surface area contributed by atoms with Crippen molar-refractivity contribution in [2.75, 3.05) is 38.7 Å². The highest BCUT2D eigenvalue weighted by atomic mass is 79.9. The van der Waals surface area contributed by atoms with Gasteiger partial charge in [-0.3, -0.25) is 4.79 Å². The predicted octanol–water partition coefficient (Wildman–Crippen LogP) is 3.44. The molecule has 1 heterocycles. The molecule has 1 N–H and O–H groups in total. The Bertz CT molecular complexity index is 1060. The van der Waals surface area contributed by atoms with Gasteiger partial charge in [-0.1, -0.05) is 22.0 Å². The molecule has 0 radical (unpaired) electrons. The van der Waals surface area contributed by atoms with Gasteiger partial charge in [-0.05, 0) is 48.9 Å². The molecule has 1 amide bonds. The number of halogens is 1. The number of nitrogens with one attached hydrogen (secondary N) is 1. The van der Waals surface area contributed by atoms with Gasteiger partial charge in [0.05, 0.1) is 25.2 Å². The first-order valence-corrected chi connectivity index (χ1v) is 11.6. The number of hydrogen-bond acceptors (Lipinski definition) is 5. The number of hydrogen-bond donors (Lipinski definition) is 1. The standard InChI is InChI=1S/C21H23BrN2O5S/c1-15-3-6-18(30(26,27)24-9-11-29-12-10-24)14-19(15)23-21(25)8-4-16-13-17(22)5-7-20(16)28-2/h3-8,13-14H,9-12H2,1-2H3,(H,23,25). The molecular weight excluding hydrogens is 472 g/mol. The van der Waals surface area contributed by atoms with Gasteiger partial charge in [0.15, 0.2) is 0 Å². The average Bonchev–Trinajstić information content (AvgIpc) is 2.74. The van der Waals surface area contributed by atoms with E-state index in [2.05, 4.69) is 21.2 Å². The first-order valence-electron chi connectivity index (χ1n) is 9.32. The summed E-state index contributed by atoms with van der Waals surface area (Å²) in [6.45, 7) is 3.18. The third-order valence-electron chi connectivity index (χ3n) is 4.68. The molecule has 9 heteroatoms. The highest BCUT2D eigenvalue weighted by molar-refractivity contribution is 9.10. The maximum Gasteiger partial charge on any atom is 0.248 e. The molecule has 1 saturated heterocycles. The summed E-state index contributed by atoms with van der Waals surface area (Å²) in [6.07, 6.45) is 3.02. The quantitative estimate of drug-likeness (QED) is 0.621. The third kappa shape index (κ3) is 5.28. The maximum atomic E-state index is 12.9. The minimum Gasteiger partial charge on any atom is -0.496 e. The summed E-state index contributed by atoms with van der Waals surface area (Å²) in [5.41, 5.74) is 1.94. The molecule has 2 aromatic carbocycles. The van der Waals surface area contributed by atoms with Gasteiger partial charge in [0.2, 0.25) is 15.9 Å². The van der Waals surface area contributed by atoms with Crippen LogP contribution in [0.25, 0.3) is 6.08 Å². The van der Waals surface area contributed by atoms with Crippen LogP contribution in [0.4, 0.5) is 5.69 Å².